The number of rotatable bonds is 16. The molecule has 0 unspecified atom stereocenters. The maximum Gasteiger partial charge on any atom is 0.343 e. The zero-order chi connectivity index (χ0) is 29.6. The summed E-state index contributed by atoms with van der Waals surface area (Å²) < 4.78 is 26.5. The van der Waals surface area contributed by atoms with Crippen LogP contribution in [0.25, 0.3) is 11.1 Å². The molecule has 1 aliphatic carbocycles. The summed E-state index contributed by atoms with van der Waals surface area (Å²) in [7, 11) is 0. The Morgan fingerprint density at radius 3 is 1.95 bits per heavy atom. The topological polar surface area (TPSA) is 35.5 Å². The van der Waals surface area contributed by atoms with E-state index in [1.165, 1.54) is 76.7 Å². The molecule has 42 heavy (non-hydrogen) atoms. The monoisotopic (exact) mass is 572 g/mol. The van der Waals surface area contributed by atoms with Gasteiger partial charge in [-0.25, -0.2) is 9.18 Å². The van der Waals surface area contributed by atoms with E-state index in [4.69, 9.17) is 9.47 Å². The van der Waals surface area contributed by atoms with Crippen LogP contribution in [0.2, 0.25) is 0 Å². The Bertz CT molecular complexity index is 1210. The molecule has 0 heterocycles. The van der Waals surface area contributed by atoms with Crippen molar-refractivity contribution in [3.8, 4) is 22.6 Å². The Balaban J connectivity index is 1.24. The summed E-state index contributed by atoms with van der Waals surface area (Å²) in [4.78, 5) is 12.8. The second-order valence-electron chi connectivity index (χ2n) is 12.0. The molecule has 226 valence electrons. The standard InChI is InChI=1S/C38H49FO3/c1-3-5-7-8-9-10-12-29-13-15-32(16-14-29)36-26-21-33(28-37(36)39)38(40)42-35-24-19-31(20-25-35)30-17-22-34(23-18-30)41-27-11-6-4-2/h17-26,28-29,32H,3-16,27H2,1-2H3. The van der Waals surface area contributed by atoms with Crippen LogP contribution in [0.4, 0.5) is 4.39 Å². The smallest absolute Gasteiger partial charge is 0.343 e. The lowest BCUT2D eigenvalue weighted by atomic mass is 9.76. The van der Waals surface area contributed by atoms with E-state index in [-0.39, 0.29) is 17.3 Å². The first kappa shape index (κ1) is 31.8. The van der Waals surface area contributed by atoms with Crippen molar-refractivity contribution < 1.29 is 18.7 Å². The van der Waals surface area contributed by atoms with Gasteiger partial charge in [0.25, 0.3) is 0 Å². The highest BCUT2D eigenvalue weighted by Gasteiger charge is 2.25. The van der Waals surface area contributed by atoms with E-state index in [2.05, 4.69) is 13.8 Å². The third kappa shape index (κ3) is 9.71. The van der Waals surface area contributed by atoms with Crippen molar-refractivity contribution in [3.63, 3.8) is 0 Å². The molecule has 0 aromatic heterocycles. The van der Waals surface area contributed by atoms with Crippen molar-refractivity contribution in [1.82, 2.24) is 0 Å². The van der Waals surface area contributed by atoms with Crippen LogP contribution >= 0.6 is 0 Å². The molecular formula is C38H49FO3. The van der Waals surface area contributed by atoms with Crippen LogP contribution in [0.1, 0.15) is 126 Å². The Kier molecular flexibility index (Phi) is 12.9. The number of esters is 1. The highest BCUT2D eigenvalue weighted by atomic mass is 19.1. The zero-order valence-electron chi connectivity index (χ0n) is 25.7. The molecule has 4 heteroatoms. The van der Waals surface area contributed by atoms with Gasteiger partial charge in [0.15, 0.2) is 0 Å². The summed E-state index contributed by atoms with van der Waals surface area (Å²) in [5, 5.41) is 0. The van der Waals surface area contributed by atoms with Crippen molar-refractivity contribution in [2.45, 2.75) is 110 Å². The first-order valence-corrected chi connectivity index (χ1v) is 16.4. The normalized spacial score (nSPS) is 16.7. The minimum atomic E-state index is -0.541. The average Bonchev–Trinajstić information content (AvgIpc) is 3.02. The zero-order valence-corrected chi connectivity index (χ0v) is 25.7. The van der Waals surface area contributed by atoms with E-state index in [0.29, 0.717) is 5.75 Å². The fourth-order valence-electron chi connectivity index (χ4n) is 6.13. The quantitative estimate of drug-likeness (QED) is 0.0973. The van der Waals surface area contributed by atoms with Gasteiger partial charge in [-0.05, 0) is 97.0 Å². The Morgan fingerprint density at radius 2 is 1.31 bits per heavy atom. The Hall–Kier alpha value is -3.14. The molecule has 0 spiro atoms. The molecule has 4 rings (SSSR count). The maximum absolute atomic E-state index is 15.1. The molecular weight excluding hydrogens is 523 g/mol. The number of hydrogen-bond acceptors (Lipinski definition) is 3. The molecule has 3 aromatic carbocycles. The molecule has 0 aliphatic heterocycles. The van der Waals surface area contributed by atoms with Gasteiger partial charge < -0.3 is 9.47 Å². The van der Waals surface area contributed by atoms with Crippen molar-refractivity contribution in [2.75, 3.05) is 6.61 Å². The molecule has 0 amide bonds. The van der Waals surface area contributed by atoms with Crippen LogP contribution in [-0.4, -0.2) is 12.6 Å². The average molecular weight is 573 g/mol. The summed E-state index contributed by atoms with van der Waals surface area (Å²) in [6, 6.07) is 20.3. The third-order valence-electron chi connectivity index (χ3n) is 8.76. The summed E-state index contributed by atoms with van der Waals surface area (Å²) in [5.41, 5.74) is 3.06. The summed E-state index contributed by atoms with van der Waals surface area (Å²) >= 11 is 0. The molecule has 1 aliphatic rings. The number of hydrogen-bond donors (Lipinski definition) is 0. The number of unbranched alkanes of at least 4 members (excludes halogenated alkanes) is 7. The molecule has 1 fully saturated rings. The van der Waals surface area contributed by atoms with Crippen molar-refractivity contribution in [2.24, 2.45) is 5.92 Å². The molecule has 0 saturated heterocycles. The van der Waals surface area contributed by atoms with Gasteiger partial charge >= 0.3 is 5.97 Å². The van der Waals surface area contributed by atoms with Crippen molar-refractivity contribution >= 4 is 5.97 Å². The fraction of sp³-hybridized carbons (Fsp3) is 0.500. The van der Waals surface area contributed by atoms with Gasteiger partial charge in [-0.2, -0.15) is 0 Å². The number of ether oxygens (including phenoxy) is 2. The van der Waals surface area contributed by atoms with Crippen molar-refractivity contribution in [3.05, 3.63) is 83.7 Å². The fourth-order valence-corrected chi connectivity index (χ4v) is 6.13. The van der Waals surface area contributed by atoms with Gasteiger partial charge in [-0.3, -0.25) is 0 Å². The maximum atomic E-state index is 15.1. The highest BCUT2D eigenvalue weighted by Crippen LogP contribution is 2.39. The largest absolute Gasteiger partial charge is 0.494 e. The Morgan fingerprint density at radius 1 is 0.714 bits per heavy atom. The predicted octanol–water partition coefficient (Wildman–Crippen LogP) is 11.3. The second kappa shape index (κ2) is 17.1. The highest BCUT2D eigenvalue weighted by molar-refractivity contribution is 5.91. The minimum absolute atomic E-state index is 0.241. The molecule has 0 N–H and O–H groups in total. The van der Waals surface area contributed by atoms with E-state index in [1.54, 1.807) is 24.3 Å². The lowest BCUT2D eigenvalue weighted by Crippen LogP contribution is -2.15. The predicted molar refractivity (Wildman–Crippen MR) is 171 cm³/mol. The van der Waals surface area contributed by atoms with Crippen LogP contribution in [0, 0.1) is 11.7 Å². The van der Waals surface area contributed by atoms with E-state index >= 15 is 4.39 Å². The lowest BCUT2D eigenvalue weighted by molar-refractivity contribution is 0.0734. The number of carbonyl (C=O) groups is 1. The molecule has 1 saturated carbocycles. The summed E-state index contributed by atoms with van der Waals surface area (Å²) in [6.45, 7) is 5.17. The van der Waals surface area contributed by atoms with Gasteiger partial charge in [0.05, 0.1) is 12.2 Å². The molecule has 0 bridgehead atoms. The van der Waals surface area contributed by atoms with Crippen molar-refractivity contribution in [1.29, 1.82) is 0 Å². The third-order valence-corrected chi connectivity index (χ3v) is 8.76. The molecule has 0 radical (unpaired) electrons. The van der Waals surface area contributed by atoms with Crippen LogP contribution < -0.4 is 9.47 Å². The van der Waals surface area contributed by atoms with E-state index < -0.39 is 5.97 Å². The number of benzene rings is 3. The van der Waals surface area contributed by atoms with E-state index in [1.807, 2.05) is 36.4 Å². The summed E-state index contributed by atoms with van der Waals surface area (Å²) in [6.07, 6.45) is 17.2. The molecule has 0 atom stereocenters. The SMILES string of the molecule is CCCCCCCCC1CCC(c2ccc(C(=O)Oc3ccc(-c4ccc(OCCCCC)cc4)cc3)cc2F)CC1. The van der Waals surface area contributed by atoms with Gasteiger partial charge in [0.1, 0.15) is 17.3 Å². The molecule has 3 aromatic rings. The lowest BCUT2D eigenvalue weighted by Gasteiger charge is -2.29. The van der Waals surface area contributed by atoms with Crippen LogP contribution in [0.15, 0.2) is 66.7 Å². The first-order valence-electron chi connectivity index (χ1n) is 16.4. The number of carbonyl (C=O) groups excluding carboxylic acids is 1. The Labute approximate surface area is 252 Å². The van der Waals surface area contributed by atoms with E-state index in [0.717, 1.165) is 54.2 Å². The van der Waals surface area contributed by atoms with Gasteiger partial charge in [0.2, 0.25) is 0 Å². The summed E-state index contributed by atoms with van der Waals surface area (Å²) in [5.74, 6) is 1.50. The van der Waals surface area contributed by atoms with Gasteiger partial charge in [-0.15, -0.1) is 0 Å². The van der Waals surface area contributed by atoms with Crippen LogP contribution in [0.5, 0.6) is 11.5 Å². The minimum Gasteiger partial charge on any atom is -0.494 e. The first-order chi connectivity index (χ1) is 20.6. The second-order valence-corrected chi connectivity index (χ2v) is 12.0. The van der Waals surface area contributed by atoms with E-state index in [9.17, 15) is 4.79 Å². The van der Waals surface area contributed by atoms with Crippen LogP contribution in [0.3, 0.4) is 0 Å². The molecule has 3 nitrogen and oxygen atoms in total. The van der Waals surface area contributed by atoms with Gasteiger partial charge in [-0.1, -0.05) is 102 Å². The number of halogens is 1. The van der Waals surface area contributed by atoms with Gasteiger partial charge in [0, 0.05) is 0 Å². The van der Waals surface area contributed by atoms with Crippen LogP contribution in [-0.2, 0) is 0 Å².